The minimum Gasteiger partial charge on any atom is -0.478 e. The summed E-state index contributed by atoms with van der Waals surface area (Å²) in [5.74, 6) is -0.664. The lowest BCUT2D eigenvalue weighted by Gasteiger charge is -2.01. The quantitative estimate of drug-likeness (QED) is 0.821. The molecule has 0 aliphatic rings. The number of rotatable bonds is 6. The molecule has 8 nitrogen and oxygen atoms in total. The van der Waals surface area contributed by atoms with Crippen molar-refractivity contribution in [1.29, 1.82) is 0 Å². The van der Waals surface area contributed by atoms with Gasteiger partial charge in [-0.05, 0) is 19.9 Å². The molecule has 0 aromatic carbocycles. The lowest BCUT2D eigenvalue weighted by Crippen LogP contribution is -2.23. The van der Waals surface area contributed by atoms with Crippen LogP contribution in [0.2, 0.25) is 0 Å². The van der Waals surface area contributed by atoms with E-state index < -0.39 is 16.0 Å². The van der Waals surface area contributed by atoms with Gasteiger partial charge < -0.3 is 14.1 Å². The number of furan rings is 1. The number of sulfonamides is 1. The van der Waals surface area contributed by atoms with Crippen LogP contribution in [0.25, 0.3) is 0 Å². The van der Waals surface area contributed by atoms with Crippen molar-refractivity contribution in [3.63, 3.8) is 0 Å². The minimum atomic E-state index is -3.76. The summed E-state index contributed by atoms with van der Waals surface area (Å²) in [5, 5.41) is 8.81. The van der Waals surface area contributed by atoms with Gasteiger partial charge in [0.15, 0.2) is 5.03 Å². The van der Waals surface area contributed by atoms with E-state index in [1.807, 2.05) is 6.92 Å². The van der Waals surface area contributed by atoms with Crippen molar-refractivity contribution in [2.75, 3.05) is 0 Å². The van der Waals surface area contributed by atoms with Crippen molar-refractivity contribution < 1.29 is 22.7 Å². The van der Waals surface area contributed by atoms with Crippen LogP contribution in [0, 0.1) is 6.92 Å². The first-order valence-electron chi connectivity index (χ1n) is 6.17. The molecule has 114 valence electrons. The van der Waals surface area contributed by atoms with Crippen LogP contribution in [-0.2, 0) is 23.1 Å². The molecule has 2 aromatic heterocycles. The third-order valence-electron chi connectivity index (χ3n) is 2.89. The highest BCUT2D eigenvalue weighted by atomic mass is 32.2. The number of imidazole rings is 1. The Kier molecular flexibility index (Phi) is 4.14. The zero-order valence-corrected chi connectivity index (χ0v) is 12.3. The topological polar surface area (TPSA) is 114 Å². The fourth-order valence-corrected chi connectivity index (χ4v) is 2.67. The Bertz CT molecular complexity index is 760. The second-order valence-corrected chi connectivity index (χ2v) is 6.07. The minimum absolute atomic E-state index is 0.0134. The summed E-state index contributed by atoms with van der Waals surface area (Å²) in [7, 11) is -3.76. The van der Waals surface area contributed by atoms with Crippen LogP contribution in [0.1, 0.15) is 28.8 Å². The largest absolute Gasteiger partial charge is 0.478 e. The second-order valence-electron chi connectivity index (χ2n) is 4.35. The maximum Gasteiger partial charge on any atom is 0.339 e. The summed E-state index contributed by atoms with van der Waals surface area (Å²) in [5.41, 5.74) is 0.0134. The van der Waals surface area contributed by atoms with Crippen LogP contribution >= 0.6 is 0 Å². The SMILES string of the molecule is CCn1cnc(S(=O)(=O)NCc2cc(C(=O)O)c(C)o2)c1. The van der Waals surface area contributed by atoms with Crippen molar-refractivity contribution >= 4 is 16.0 Å². The van der Waals surface area contributed by atoms with Crippen molar-refractivity contribution in [3.8, 4) is 0 Å². The molecule has 21 heavy (non-hydrogen) atoms. The van der Waals surface area contributed by atoms with Crippen LogP contribution < -0.4 is 4.72 Å². The number of nitrogens with zero attached hydrogens (tertiary/aromatic N) is 2. The number of carboxylic acid groups (broad SMARTS) is 1. The molecule has 2 rings (SSSR count). The summed E-state index contributed by atoms with van der Waals surface area (Å²) < 4.78 is 33.2. The molecule has 9 heteroatoms. The molecule has 0 aliphatic carbocycles. The van der Waals surface area contributed by atoms with Gasteiger partial charge in [0.2, 0.25) is 0 Å². The highest BCUT2D eigenvalue weighted by Gasteiger charge is 2.19. The molecule has 0 spiro atoms. The number of carbonyl (C=O) groups is 1. The van der Waals surface area contributed by atoms with Crippen LogP contribution in [0.15, 0.2) is 28.0 Å². The van der Waals surface area contributed by atoms with E-state index in [4.69, 9.17) is 9.52 Å². The molecule has 0 amide bonds. The monoisotopic (exact) mass is 313 g/mol. The Morgan fingerprint density at radius 3 is 2.76 bits per heavy atom. The average molecular weight is 313 g/mol. The highest BCUT2D eigenvalue weighted by Crippen LogP contribution is 2.15. The van der Waals surface area contributed by atoms with Gasteiger partial charge in [0.1, 0.15) is 17.1 Å². The van der Waals surface area contributed by atoms with Gasteiger partial charge in [-0.2, -0.15) is 0 Å². The average Bonchev–Trinajstić information content (AvgIpc) is 3.03. The third-order valence-corrected chi connectivity index (χ3v) is 4.17. The fourth-order valence-electron chi connectivity index (χ4n) is 1.73. The molecule has 2 heterocycles. The summed E-state index contributed by atoms with van der Waals surface area (Å²) in [6.07, 6.45) is 2.84. The maximum atomic E-state index is 12.0. The molecule has 0 saturated heterocycles. The van der Waals surface area contributed by atoms with Gasteiger partial charge in [-0.1, -0.05) is 0 Å². The predicted molar refractivity (Wildman–Crippen MR) is 72.3 cm³/mol. The molecule has 2 N–H and O–H groups in total. The van der Waals surface area contributed by atoms with E-state index in [2.05, 4.69) is 9.71 Å². The Morgan fingerprint density at radius 2 is 2.24 bits per heavy atom. The summed E-state index contributed by atoms with van der Waals surface area (Å²) >= 11 is 0. The molecular weight excluding hydrogens is 298 g/mol. The maximum absolute atomic E-state index is 12.0. The van der Waals surface area contributed by atoms with Gasteiger partial charge in [0.05, 0.1) is 12.9 Å². The Hall–Kier alpha value is -2.13. The molecular formula is C12H15N3O5S. The van der Waals surface area contributed by atoms with Crippen LogP contribution in [0.3, 0.4) is 0 Å². The summed E-state index contributed by atoms with van der Waals surface area (Å²) in [6, 6.07) is 1.30. The summed E-state index contributed by atoms with van der Waals surface area (Å²) in [6.45, 7) is 3.84. The lowest BCUT2D eigenvalue weighted by atomic mass is 10.2. The van der Waals surface area contributed by atoms with Crippen molar-refractivity contribution in [3.05, 3.63) is 35.7 Å². The number of nitrogens with one attached hydrogen (secondary N) is 1. The molecule has 0 aliphatic heterocycles. The van der Waals surface area contributed by atoms with E-state index in [0.29, 0.717) is 6.54 Å². The predicted octanol–water partition coefficient (Wildman–Crippen LogP) is 0.981. The number of aromatic nitrogens is 2. The van der Waals surface area contributed by atoms with Crippen LogP contribution in [-0.4, -0.2) is 29.0 Å². The molecule has 0 atom stereocenters. The smallest absolute Gasteiger partial charge is 0.339 e. The van der Waals surface area contributed by atoms with Gasteiger partial charge in [-0.3, -0.25) is 0 Å². The number of hydrogen-bond donors (Lipinski definition) is 2. The first-order chi connectivity index (χ1) is 9.83. The van der Waals surface area contributed by atoms with Crippen LogP contribution in [0.5, 0.6) is 0 Å². The Morgan fingerprint density at radius 1 is 1.52 bits per heavy atom. The number of aryl methyl sites for hydroxylation is 2. The van der Waals surface area contributed by atoms with E-state index in [-0.39, 0.29) is 28.7 Å². The zero-order chi connectivity index (χ0) is 15.6. The second kappa shape index (κ2) is 5.70. The molecule has 0 saturated carbocycles. The Labute approximate surface area is 121 Å². The zero-order valence-electron chi connectivity index (χ0n) is 11.5. The normalized spacial score (nSPS) is 11.7. The van der Waals surface area contributed by atoms with Gasteiger partial charge in [0, 0.05) is 12.7 Å². The first-order valence-corrected chi connectivity index (χ1v) is 7.66. The molecule has 2 aromatic rings. The third kappa shape index (κ3) is 3.31. The number of aromatic carboxylic acids is 1. The Balaban J connectivity index is 2.11. The standard InChI is InChI=1S/C12H15N3O5S/c1-3-15-6-11(13-7-15)21(18,19)14-5-9-4-10(12(16)17)8(2)20-9/h4,6-7,14H,3,5H2,1-2H3,(H,16,17). The number of hydrogen-bond acceptors (Lipinski definition) is 5. The highest BCUT2D eigenvalue weighted by molar-refractivity contribution is 7.89. The van der Waals surface area contributed by atoms with E-state index in [9.17, 15) is 13.2 Å². The fraction of sp³-hybridized carbons (Fsp3) is 0.333. The van der Waals surface area contributed by atoms with Crippen molar-refractivity contribution in [1.82, 2.24) is 14.3 Å². The van der Waals surface area contributed by atoms with Crippen molar-refractivity contribution in [2.45, 2.75) is 32.0 Å². The van der Waals surface area contributed by atoms with Gasteiger partial charge in [-0.25, -0.2) is 22.9 Å². The van der Waals surface area contributed by atoms with E-state index in [0.717, 1.165) is 0 Å². The van der Waals surface area contributed by atoms with E-state index in [1.165, 1.54) is 25.5 Å². The lowest BCUT2D eigenvalue weighted by molar-refractivity contribution is 0.0695. The van der Waals surface area contributed by atoms with Crippen LogP contribution in [0.4, 0.5) is 0 Å². The van der Waals surface area contributed by atoms with Gasteiger partial charge in [0.25, 0.3) is 10.0 Å². The summed E-state index contributed by atoms with van der Waals surface area (Å²) in [4.78, 5) is 14.7. The first kappa shape index (κ1) is 15.3. The van der Waals surface area contributed by atoms with Crippen molar-refractivity contribution in [2.24, 2.45) is 0 Å². The van der Waals surface area contributed by atoms with Gasteiger partial charge >= 0.3 is 5.97 Å². The molecule has 0 fully saturated rings. The molecule has 0 radical (unpaired) electrons. The van der Waals surface area contributed by atoms with E-state index >= 15 is 0 Å². The molecule has 0 unspecified atom stereocenters. The number of carboxylic acids is 1. The van der Waals surface area contributed by atoms with E-state index in [1.54, 1.807) is 4.57 Å². The molecule has 0 bridgehead atoms. The van der Waals surface area contributed by atoms with Gasteiger partial charge in [-0.15, -0.1) is 0 Å².